The number of carbonyl (C=O) groups is 1. The molecule has 1 aromatic carbocycles. The smallest absolute Gasteiger partial charge is 0.166 e. The SMILES string of the molecule is CCc1c(C=O)[nH]c2ccc(C)cc12. The first-order valence-electron chi connectivity index (χ1n) is 4.82. The van der Waals surface area contributed by atoms with E-state index >= 15 is 0 Å². The number of nitrogens with one attached hydrogen (secondary N) is 1. The molecule has 2 aromatic rings. The molecule has 0 fully saturated rings. The van der Waals surface area contributed by atoms with E-state index in [1.165, 1.54) is 10.9 Å². The molecule has 0 aliphatic rings. The summed E-state index contributed by atoms with van der Waals surface area (Å²) in [5, 5.41) is 1.18. The van der Waals surface area contributed by atoms with Crippen LogP contribution < -0.4 is 0 Å². The van der Waals surface area contributed by atoms with E-state index in [2.05, 4.69) is 24.9 Å². The van der Waals surface area contributed by atoms with Crippen LogP contribution >= 0.6 is 0 Å². The molecule has 0 atom stereocenters. The normalized spacial score (nSPS) is 10.7. The van der Waals surface area contributed by atoms with Crippen molar-refractivity contribution in [2.75, 3.05) is 0 Å². The van der Waals surface area contributed by atoms with Gasteiger partial charge in [0.15, 0.2) is 6.29 Å². The number of benzene rings is 1. The number of rotatable bonds is 2. The van der Waals surface area contributed by atoms with Crippen molar-refractivity contribution in [1.82, 2.24) is 4.98 Å². The van der Waals surface area contributed by atoms with E-state index < -0.39 is 0 Å². The number of aryl methyl sites for hydroxylation is 2. The molecule has 14 heavy (non-hydrogen) atoms. The molecule has 0 unspecified atom stereocenters. The summed E-state index contributed by atoms with van der Waals surface area (Å²) in [7, 11) is 0. The molecule has 0 aliphatic carbocycles. The molecule has 1 heterocycles. The second-order valence-corrected chi connectivity index (χ2v) is 3.54. The molecule has 0 amide bonds. The van der Waals surface area contributed by atoms with Crippen molar-refractivity contribution >= 4 is 17.2 Å². The van der Waals surface area contributed by atoms with Gasteiger partial charge in [-0.2, -0.15) is 0 Å². The summed E-state index contributed by atoms with van der Waals surface area (Å²) in [6.07, 6.45) is 1.78. The number of hydrogen-bond donors (Lipinski definition) is 1. The van der Waals surface area contributed by atoms with Crippen LogP contribution in [-0.2, 0) is 6.42 Å². The lowest BCUT2D eigenvalue weighted by atomic mass is 10.1. The Hall–Kier alpha value is -1.57. The van der Waals surface area contributed by atoms with Gasteiger partial charge >= 0.3 is 0 Å². The zero-order chi connectivity index (χ0) is 10.1. The molecule has 2 rings (SSSR count). The zero-order valence-electron chi connectivity index (χ0n) is 8.42. The first-order chi connectivity index (χ1) is 6.76. The number of aromatic nitrogens is 1. The third kappa shape index (κ3) is 1.23. The van der Waals surface area contributed by atoms with E-state index in [4.69, 9.17) is 0 Å². The van der Waals surface area contributed by atoms with Gasteiger partial charge in [-0.15, -0.1) is 0 Å². The Morgan fingerprint density at radius 2 is 2.21 bits per heavy atom. The number of aromatic amines is 1. The van der Waals surface area contributed by atoms with Crippen LogP contribution in [0.1, 0.15) is 28.5 Å². The van der Waals surface area contributed by atoms with E-state index in [9.17, 15) is 4.79 Å². The van der Waals surface area contributed by atoms with Crippen LogP contribution in [0.25, 0.3) is 10.9 Å². The Kier molecular flexibility index (Phi) is 2.12. The maximum absolute atomic E-state index is 10.8. The Morgan fingerprint density at radius 1 is 1.43 bits per heavy atom. The van der Waals surface area contributed by atoms with Gasteiger partial charge < -0.3 is 4.98 Å². The van der Waals surface area contributed by atoms with Crippen LogP contribution in [-0.4, -0.2) is 11.3 Å². The van der Waals surface area contributed by atoms with Gasteiger partial charge in [-0.25, -0.2) is 0 Å². The third-order valence-electron chi connectivity index (χ3n) is 2.57. The van der Waals surface area contributed by atoms with Crippen LogP contribution in [0, 0.1) is 6.92 Å². The predicted octanol–water partition coefficient (Wildman–Crippen LogP) is 2.85. The summed E-state index contributed by atoms with van der Waals surface area (Å²) in [5.74, 6) is 0. The minimum Gasteiger partial charge on any atom is -0.352 e. The van der Waals surface area contributed by atoms with Crippen molar-refractivity contribution in [3.05, 3.63) is 35.0 Å². The van der Waals surface area contributed by atoms with Crippen LogP contribution in [0.3, 0.4) is 0 Å². The first-order valence-corrected chi connectivity index (χ1v) is 4.82. The summed E-state index contributed by atoms with van der Waals surface area (Å²) in [6.45, 7) is 4.13. The highest BCUT2D eigenvalue weighted by atomic mass is 16.1. The lowest BCUT2D eigenvalue weighted by Crippen LogP contribution is -1.86. The van der Waals surface area contributed by atoms with Crippen molar-refractivity contribution in [3.63, 3.8) is 0 Å². The Morgan fingerprint density at radius 3 is 2.86 bits per heavy atom. The van der Waals surface area contributed by atoms with Gasteiger partial charge in [0, 0.05) is 10.9 Å². The van der Waals surface area contributed by atoms with Gasteiger partial charge in [-0.05, 0) is 31.0 Å². The molecule has 2 heteroatoms. The van der Waals surface area contributed by atoms with Crippen molar-refractivity contribution < 1.29 is 4.79 Å². The molecule has 72 valence electrons. The summed E-state index contributed by atoms with van der Waals surface area (Å²) in [5.41, 5.74) is 4.12. The minimum absolute atomic E-state index is 0.716. The summed E-state index contributed by atoms with van der Waals surface area (Å²) in [4.78, 5) is 13.9. The standard InChI is InChI=1S/C12H13NO/c1-3-9-10-6-8(2)4-5-11(10)13-12(9)7-14/h4-7,13H,3H2,1-2H3. The van der Waals surface area contributed by atoms with Gasteiger partial charge in [0.1, 0.15) is 0 Å². The van der Waals surface area contributed by atoms with Crippen LogP contribution in [0.5, 0.6) is 0 Å². The molecule has 1 aromatic heterocycles. The van der Waals surface area contributed by atoms with Crippen molar-refractivity contribution in [2.24, 2.45) is 0 Å². The highest BCUT2D eigenvalue weighted by Gasteiger charge is 2.08. The van der Waals surface area contributed by atoms with Crippen molar-refractivity contribution in [1.29, 1.82) is 0 Å². The average molecular weight is 187 g/mol. The number of carbonyl (C=O) groups excluding carboxylic acids is 1. The molecule has 2 nitrogen and oxygen atoms in total. The molecule has 0 aliphatic heterocycles. The highest BCUT2D eigenvalue weighted by Crippen LogP contribution is 2.23. The largest absolute Gasteiger partial charge is 0.352 e. The van der Waals surface area contributed by atoms with Crippen LogP contribution in [0.2, 0.25) is 0 Å². The second-order valence-electron chi connectivity index (χ2n) is 3.54. The minimum atomic E-state index is 0.716. The second kappa shape index (κ2) is 3.29. The summed E-state index contributed by atoms with van der Waals surface area (Å²) in [6, 6.07) is 6.20. The van der Waals surface area contributed by atoms with Crippen molar-refractivity contribution in [2.45, 2.75) is 20.3 Å². The van der Waals surface area contributed by atoms with Crippen LogP contribution in [0.4, 0.5) is 0 Å². The number of hydrogen-bond acceptors (Lipinski definition) is 1. The lowest BCUT2D eigenvalue weighted by Gasteiger charge is -1.96. The van der Waals surface area contributed by atoms with Crippen LogP contribution in [0.15, 0.2) is 18.2 Å². The molecule has 0 bridgehead atoms. The Labute approximate surface area is 82.9 Å². The summed E-state index contributed by atoms with van der Waals surface area (Å²) >= 11 is 0. The Bertz CT molecular complexity index is 482. The van der Waals surface area contributed by atoms with E-state index in [1.54, 1.807) is 0 Å². The predicted molar refractivity (Wildman–Crippen MR) is 57.8 cm³/mol. The fourth-order valence-electron chi connectivity index (χ4n) is 1.86. The molecular weight excluding hydrogens is 174 g/mol. The number of H-pyrrole nitrogens is 1. The van der Waals surface area contributed by atoms with E-state index in [0.717, 1.165) is 23.8 Å². The fraction of sp³-hybridized carbons (Fsp3) is 0.250. The molecule has 0 saturated carbocycles. The topological polar surface area (TPSA) is 32.9 Å². The van der Waals surface area contributed by atoms with Gasteiger partial charge in [-0.1, -0.05) is 18.6 Å². The quantitative estimate of drug-likeness (QED) is 0.720. The van der Waals surface area contributed by atoms with Gasteiger partial charge in [0.25, 0.3) is 0 Å². The van der Waals surface area contributed by atoms with Gasteiger partial charge in [0.2, 0.25) is 0 Å². The molecular formula is C12H13NO. The first kappa shape index (κ1) is 9.00. The van der Waals surface area contributed by atoms with E-state index in [0.29, 0.717) is 5.69 Å². The maximum Gasteiger partial charge on any atom is 0.166 e. The monoisotopic (exact) mass is 187 g/mol. The lowest BCUT2D eigenvalue weighted by molar-refractivity contribution is 0.111. The van der Waals surface area contributed by atoms with E-state index in [1.807, 2.05) is 12.1 Å². The number of aldehydes is 1. The fourth-order valence-corrected chi connectivity index (χ4v) is 1.86. The van der Waals surface area contributed by atoms with E-state index in [-0.39, 0.29) is 0 Å². The molecule has 0 spiro atoms. The highest BCUT2D eigenvalue weighted by molar-refractivity contribution is 5.92. The molecule has 1 N–H and O–H groups in total. The molecule has 0 radical (unpaired) electrons. The third-order valence-corrected chi connectivity index (χ3v) is 2.57. The Balaban J connectivity index is 2.81. The van der Waals surface area contributed by atoms with Gasteiger partial charge in [0.05, 0.1) is 5.69 Å². The zero-order valence-corrected chi connectivity index (χ0v) is 8.42. The maximum atomic E-state index is 10.8. The number of fused-ring (bicyclic) bond motifs is 1. The molecule has 0 saturated heterocycles. The van der Waals surface area contributed by atoms with Crippen molar-refractivity contribution in [3.8, 4) is 0 Å². The van der Waals surface area contributed by atoms with Gasteiger partial charge in [-0.3, -0.25) is 4.79 Å². The summed E-state index contributed by atoms with van der Waals surface area (Å²) < 4.78 is 0. The average Bonchev–Trinajstić information content (AvgIpc) is 2.54.